The van der Waals surface area contributed by atoms with Gasteiger partial charge < -0.3 is 19.8 Å². The van der Waals surface area contributed by atoms with Gasteiger partial charge in [-0.05, 0) is 48.0 Å². The van der Waals surface area contributed by atoms with Crippen molar-refractivity contribution in [2.45, 2.75) is 0 Å². The summed E-state index contributed by atoms with van der Waals surface area (Å²) in [4.78, 5) is 19.3. The van der Waals surface area contributed by atoms with E-state index in [1.54, 1.807) is 36.4 Å². The molecule has 0 fully saturated rings. The molecule has 0 radical (unpaired) electrons. The van der Waals surface area contributed by atoms with Gasteiger partial charge in [-0.15, -0.1) is 0 Å². The summed E-state index contributed by atoms with van der Waals surface area (Å²) in [6, 6.07) is 10.4. The molecule has 0 saturated heterocycles. The molecule has 22 heavy (non-hydrogen) atoms. The molecule has 3 aromatic rings. The number of ether oxygens (including phenoxy) is 2. The molecule has 0 spiro atoms. The highest BCUT2D eigenvalue weighted by atomic mass is 35.5. The summed E-state index contributed by atoms with van der Waals surface area (Å²) in [6.45, 7) is 0.178. The van der Waals surface area contributed by atoms with Gasteiger partial charge >= 0.3 is 0 Å². The van der Waals surface area contributed by atoms with E-state index in [0.29, 0.717) is 28.0 Å². The van der Waals surface area contributed by atoms with Crippen LogP contribution < -0.4 is 14.8 Å². The first kappa shape index (κ1) is 13.0. The Balaban J connectivity index is 1.59. The number of carbonyl (C=O) groups is 1. The molecule has 2 aromatic carbocycles. The van der Waals surface area contributed by atoms with Crippen molar-refractivity contribution in [1.29, 1.82) is 0 Å². The number of carbonyl (C=O) groups excluding carboxylic acids is 1. The van der Waals surface area contributed by atoms with Crippen LogP contribution in [0.2, 0.25) is 5.28 Å². The number of hydrogen-bond donors (Lipinski definition) is 2. The molecule has 6 nitrogen and oxygen atoms in total. The van der Waals surface area contributed by atoms with Crippen molar-refractivity contribution in [2.75, 3.05) is 12.1 Å². The number of hydrogen-bond acceptors (Lipinski definition) is 4. The molecule has 0 unspecified atom stereocenters. The van der Waals surface area contributed by atoms with Crippen molar-refractivity contribution in [3.05, 3.63) is 47.2 Å². The molecule has 2 heterocycles. The molecule has 1 amide bonds. The summed E-state index contributed by atoms with van der Waals surface area (Å²) < 4.78 is 10.5. The first-order valence-corrected chi connectivity index (χ1v) is 6.93. The molecule has 7 heteroatoms. The monoisotopic (exact) mass is 315 g/mol. The number of nitrogens with zero attached hydrogens (tertiary/aromatic N) is 1. The van der Waals surface area contributed by atoms with Crippen LogP contribution in [0.15, 0.2) is 36.4 Å². The predicted octanol–water partition coefficient (Wildman–Crippen LogP) is 3.20. The number of benzene rings is 2. The molecule has 0 bridgehead atoms. The van der Waals surface area contributed by atoms with Crippen LogP contribution in [0.5, 0.6) is 11.5 Å². The molecule has 0 atom stereocenters. The lowest BCUT2D eigenvalue weighted by Crippen LogP contribution is -2.11. The Hall–Kier alpha value is -2.73. The third-order valence-electron chi connectivity index (χ3n) is 3.35. The molecule has 1 aliphatic rings. The van der Waals surface area contributed by atoms with E-state index in [0.717, 1.165) is 11.0 Å². The van der Waals surface area contributed by atoms with E-state index >= 15 is 0 Å². The van der Waals surface area contributed by atoms with Gasteiger partial charge in [0.1, 0.15) is 0 Å². The maximum Gasteiger partial charge on any atom is 0.255 e. The third-order valence-corrected chi connectivity index (χ3v) is 3.52. The number of amides is 1. The van der Waals surface area contributed by atoms with Crippen molar-refractivity contribution >= 4 is 34.2 Å². The first-order chi connectivity index (χ1) is 10.7. The predicted molar refractivity (Wildman–Crippen MR) is 81.6 cm³/mol. The second kappa shape index (κ2) is 4.92. The highest BCUT2D eigenvalue weighted by Crippen LogP contribution is 2.32. The zero-order chi connectivity index (χ0) is 15.1. The van der Waals surface area contributed by atoms with Gasteiger partial charge in [-0.1, -0.05) is 0 Å². The van der Waals surface area contributed by atoms with Crippen LogP contribution in [-0.4, -0.2) is 22.7 Å². The quantitative estimate of drug-likeness (QED) is 0.761. The topological polar surface area (TPSA) is 76.2 Å². The summed E-state index contributed by atoms with van der Waals surface area (Å²) in [5.41, 5.74) is 2.64. The molecule has 1 aliphatic heterocycles. The van der Waals surface area contributed by atoms with Crippen LogP contribution in [0, 0.1) is 0 Å². The normalized spacial score (nSPS) is 12.6. The summed E-state index contributed by atoms with van der Waals surface area (Å²) in [5, 5.41) is 3.14. The minimum Gasteiger partial charge on any atom is -0.454 e. The maximum atomic E-state index is 12.3. The van der Waals surface area contributed by atoms with Gasteiger partial charge in [0.2, 0.25) is 12.1 Å². The molecule has 110 valence electrons. The standard InChI is InChI=1S/C15H10ClN3O3/c16-15-18-10-3-2-9(6-11(10)19-15)17-14(20)8-1-4-12-13(5-8)22-7-21-12/h1-6H,7H2,(H,17,20)(H,18,19). The van der Waals surface area contributed by atoms with E-state index in [1.807, 2.05) is 0 Å². The van der Waals surface area contributed by atoms with Crippen LogP contribution in [0.4, 0.5) is 5.69 Å². The maximum absolute atomic E-state index is 12.3. The summed E-state index contributed by atoms with van der Waals surface area (Å²) in [5.74, 6) is 0.983. The van der Waals surface area contributed by atoms with Crippen molar-refractivity contribution in [3.63, 3.8) is 0 Å². The Morgan fingerprint density at radius 3 is 2.95 bits per heavy atom. The highest BCUT2D eigenvalue weighted by Gasteiger charge is 2.16. The van der Waals surface area contributed by atoms with E-state index in [9.17, 15) is 4.79 Å². The summed E-state index contributed by atoms with van der Waals surface area (Å²) in [7, 11) is 0. The fraction of sp³-hybridized carbons (Fsp3) is 0.0667. The van der Waals surface area contributed by atoms with Gasteiger partial charge in [-0.25, -0.2) is 4.98 Å². The molecule has 2 N–H and O–H groups in total. The van der Waals surface area contributed by atoms with Gasteiger partial charge in [0.15, 0.2) is 11.5 Å². The van der Waals surface area contributed by atoms with E-state index in [2.05, 4.69) is 15.3 Å². The van der Waals surface area contributed by atoms with E-state index in [-0.39, 0.29) is 12.7 Å². The van der Waals surface area contributed by atoms with Crippen molar-refractivity contribution in [2.24, 2.45) is 0 Å². The van der Waals surface area contributed by atoms with Crippen LogP contribution in [0.3, 0.4) is 0 Å². The van der Waals surface area contributed by atoms with Crippen LogP contribution >= 0.6 is 11.6 Å². The fourth-order valence-corrected chi connectivity index (χ4v) is 2.49. The number of anilines is 1. The van der Waals surface area contributed by atoms with E-state index < -0.39 is 0 Å². The lowest BCUT2D eigenvalue weighted by molar-refractivity contribution is 0.102. The average Bonchev–Trinajstić information content (AvgIpc) is 3.10. The van der Waals surface area contributed by atoms with Crippen LogP contribution in [-0.2, 0) is 0 Å². The number of fused-ring (bicyclic) bond motifs is 2. The van der Waals surface area contributed by atoms with Gasteiger partial charge in [-0.3, -0.25) is 4.79 Å². The number of aromatic amines is 1. The Kier molecular flexibility index (Phi) is 2.90. The minimum atomic E-state index is -0.233. The molecular weight excluding hydrogens is 306 g/mol. The van der Waals surface area contributed by atoms with Crippen molar-refractivity contribution in [1.82, 2.24) is 9.97 Å². The smallest absolute Gasteiger partial charge is 0.255 e. The molecule has 4 rings (SSSR count). The average molecular weight is 316 g/mol. The number of imidazole rings is 1. The SMILES string of the molecule is O=C(Nc1ccc2nc(Cl)[nH]c2c1)c1ccc2c(c1)OCO2. The van der Waals surface area contributed by atoms with Crippen molar-refractivity contribution < 1.29 is 14.3 Å². The lowest BCUT2D eigenvalue weighted by Gasteiger charge is -2.06. The molecule has 1 aromatic heterocycles. The van der Waals surface area contributed by atoms with Crippen LogP contribution in [0.25, 0.3) is 11.0 Å². The zero-order valence-electron chi connectivity index (χ0n) is 11.2. The minimum absolute atomic E-state index is 0.178. The molecule has 0 saturated carbocycles. The number of nitrogens with one attached hydrogen (secondary N) is 2. The van der Waals surface area contributed by atoms with Crippen molar-refractivity contribution in [3.8, 4) is 11.5 Å². The number of rotatable bonds is 2. The Morgan fingerprint density at radius 1 is 1.18 bits per heavy atom. The number of aromatic nitrogens is 2. The number of halogens is 1. The van der Waals surface area contributed by atoms with E-state index in [1.165, 1.54) is 0 Å². The lowest BCUT2D eigenvalue weighted by atomic mass is 10.2. The van der Waals surface area contributed by atoms with Gasteiger partial charge in [0.25, 0.3) is 5.91 Å². The zero-order valence-corrected chi connectivity index (χ0v) is 12.0. The second-order valence-corrected chi connectivity index (χ2v) is 5.14. The Labute approximate surface area is 130 Å². The van der Waals surface area contributed by atoms with Gasteiger partial charge in [0.05, 0.1) is 11.0 Å². The summed E-state index contributed by atoms with van der Waals surface area (Å²) >= 11 is 5.81. The van der Waals surface area contributed by atoms with Gasteiger partial charge in [0, 0.05) is 11.3 Å². The first-order valence-electron chi connectivity index (χ1n) is 6.55. The van der Waals surface area contributed by atoms with E-state index in [4.69, 9.17) is 21.1 Å². The Bertz CT molecular complexity index is 891. The van der Waals surface area contributed by atoms with Gasteiger partial charge in [-0.2, -0.15) is 0 Å². The largest absolute Gasteiger partial charge is 0.454 e. The Morgan fingerprint density at radius 2 is 2.05 bits per heavy atom. The third kappa shape index (κ3) is 2.23. The summed E-state index contributed by atoms with van der Waals surface area (Å²) in [6.07, 6.45) is 0. The highest BCUT2D eigenvalue weighted by molar-refractivity contribution is 6.29. The molecular formula is C15H10ClN3O3. The molecule has 0 aliphatic carbocycles. The van der Waals surface area contributed by atoms with Crippen LogP contribution in [0.1, 0.15) is 10.4 Å². The second-order valence-electron chi connectivity index (χ2n) is 4.78. The fourth-order valence-electron chi connectivity index (χ4n) is 2.30. The number of H-pyrrole nitrogens is 1.